The standard InChI is InChI=1S/C27H27F8N3O3S/c1-16-15-37(13-11-36-16)23(39)38-12-10-24(42(40,41)20-6-4-19(28)5-7-20)21-8-3-18(14-17(21)2-9-22(24)38)25(29,26(30,31)32)27(33,34)35/h3-8,14,16,22,36H,2,9-13,15H2,1H3/t16-,22+,24+/m1/s1. The lowest BCUT2D eigenvalue weighted by Gasteiger charge is -2.44. The number of hydrogen-bond acceptors (Lipinski definition) is 4. The van der Waals surface area contributed by atoms with Crippen LogP contribution < -0.4 is 5.32 Å². The van der Waals surface area contributed by atoms with Gasteiger partial charge in [-0.2, -0.15) is 26.3 Å². The molecule has 3 atom stereocenters. The number of likely N-dealkylation sites (tertiary alicyclic amines) is 1. The molecular formula is C27H27F8N3O3S. The summed E-state index contributed by atoms with van der Waals surface area (Å²) >= 11 is 0. The predicted octanol–water partition coefficient (Wildman–Crippen LogP) is 5.22. The van der Waals surface area contributed by atoms with E-state index in [2.05, 4.69) is 5.32 Å². The van der Waals surface area contributed by atoms with Crippen LogP contribution in [0.3, 0.4) is 0 Å². The van der Waals surface area contributed by atoms with Crippen LogP contribution in [0.2, 0.25) is 0 Å². The summed E-state index contributed by atoms with van der Waals surface area (Å²) in [4.78, 5) is 16.3. The maximum absolute atomic E-state index is 14.9. The van der Waals surface area contributed by atoms with E-state index < -0.39 is 56.1 Å². The molecule has 42 heavy (non-hydrogen) atoms. The number of piperazine rings is 1. The zero-order valence-corrected chi connectivity index (χ0v) is 23.0. The van der Waals surface area contributed by atoms with Crippen molar-refractivity contribution in [3.63, 3.8) is 0 Å². The molecule has 3 aliphatic rings. The van der Waals surface area contributed by atoms with Crippen molar-refractivity contribution in [2.24, 2.45) is 0 Å². The van der Waals surface area contributed by atoms with E-state index >= 15 is 0 Å². The highest BCUT2D eigenvalue weighted by Gasteiger charge is 2.74. The van der Waals surface area contributed by atoms with Crippen molar-refractivity contribution in [3.05, 3.63) is 65.0 Å². The number of urea groups is 1. The van der Waals surface area contributed by atoms with Crippen molar-refractivity contribution in [2.75, 3.05) is 26.2 Å². The molecule has 2 heterocycles. The second kappa shape index (κ2) is 10.1. The number of nitrogens with one attached hydrogen (secondary N) is 1. The summed E-state index contributed by atoms with van der Waals surface area (Å²) in [5.41, 5.74) is -7.71. The molecule has 2 aromatic carbocycles. The molecule has 15 heteroatoms. The van der Waals surface area contributed by atoms with Crippen LogP contribution in [-0.4, -0.2) is 74.9 Å². The lowest BCUT2D eigenvalue weighted by molar-refractivity contribution is -0.348. The van der Waals surface area contributed by atoms with Crippen molar-refractivity contribution >= 4 is 15.9 Å². The van der Waals surface area contributed by atoms with Crippen LogP contribution in [0.1, 0.15) is 36.5 Å². The Morgan fingerprint density at radius 2 is 1.62 bits per heavy atom. The molecule has 2 saturated heterocycles. The summed E-state index contributed by atoms with van der Waals surface area (Å²) < 4.78 is 136. The molecule has 230 valence electrons. The third-order valence-corrected chi connectivity index (χ3v) is 11.1. The topological polar surface area (TPSA) is 69.7 Å². The fraction of sp³-hybridized carbons (Fsp3) is 0.519. The number of sulfone groups is 1. The number of benzene rings is 2. The first-order valence-corrected chi connectivity index (χ1v) is 14.7. The average Bonchev–Trinajstić information content (AvgIpc) is 3.32. The van der Waals surface area contributed by atoms with Gasteiger partial charge in [0, 0.05) is 37.8 Å². The van der Waals surface area contributed by atoms with E-state index in [4.69, 9.17) is 0 Å². The van der Waals surface area contributed by atoms with Crippen LogP contribution in [0.4, 0.5) is 39.9 Å². The molecule has 0 spiro atoms. The number of carbonyl (C=O) groups excluding carboxylic acids is 1. The molecule has 0 bridgehead atoms. The molecule has 1 aliphatic carbocycles. The molecule has 0 radical (unpaired) electrons. The van der Waals surface area contributed by atoms with E-state index in [1.165, 1.54) is 4.90 Å². The highest BCUT2D eigenvalue weighted by molar-refractivity contribution is 7.92. The summed E-state index contributed by atoms with van der Waals surface area (Å²) in [6.07, 6.45) is -13.2. The van der Waals surface area contributed by atoms with Crippen molar-refractivity contribution in [2.45, 2.75) is 65.9 Å². The van der Waals surface area contributed by atoms with Gasteiger partial charge in [-0.05, 0) is 61.6 Å². The molecule has 0 saturated carbocycles. The minimum absolute atomic E-state index is 0.0354. The summed E-state index contributed by atoms with van der Waals surface area (Å²) in [7, 11) is -4.53. The zero-order valence-electron chi connectivity index (χ0n) is 22.2. The summed E-state index contributed by atoms with van der Waals surface area (Å²) in [5, 5.41) is 3.19. The van der Waals surface area contributed by atoms with Crippen LogP contribution >= 0.6 is 0 Å². The Balaban J connectivity index is 1.67. The Kier molecular flexibility index (Phi) is 7.31. The number of halogens is 8. The summed E-state index contributed by atoms with van der Waals surface area (Å²) in [6, 6.07) is 3.87. The second-order valence-corrected chi connectivity index (χ2v) is 13.2. The normalized spacial score (nSPS) is 25.3. The molecule has 2 amide bonds. The van der Waals surface area contributed by atoms with Crippen molar-refractivity contribution in [3.8, 4) is 0 Å². The number of hydrogen-bond donors (Lipinski definition) is 1. The van der Waals surface area contributed by atoms with Crippen LogP contribution in [0.5, 0.6) is 0 Å². The van der Waals surface area contributed by atoms with Gasteiger partial charge in [0.25, 0.3) is 0 Å². The third-order valence-electron chi connectivity index (χ3n) is 8.55. The van der Waals surface area contributed by atoms with E-state index in [0.717, 1.165) is 30.3 Å². The van der Waals surface area contributed by atoms with Gasteiger partial charge >= 0.3 is 24.1 Å². The van der Waals surface area contributed by atoms with Gasteiger partial charge in [-0.15, -0.1) is 0 Å². The Morgan fingerprint density at radius 3 is 2.21 bits per heavy atom. The molecule has 2 fully saturated rings. The van der Waals surface area contributed by atoms with Crippen LogP contribution in [0.25, 0.3) is 0 Å². The molecule has 0 aromatic heterocycles. The fourth-order valence-corrected chi connectivity index (χ4v) is 8.94. The maximum atomic E-state index is 14.9. The third kappa shape index (κ3) is 4.45. The number of nitrogens with zero attached hydrogens (tertiary/aromatic N) is 2. The summed E-state index contributed by atoms with van der Waals surface area (Å²) in [5.74, 6) is -0.730. The second-order valence-electron chi connectivity index (χ2n) is 11.0. The van der Waals surface area contributed by atoms with Crippen molar-refractivity contribution < 1.29 is 48.3 Å². The van der Waals surface area contributed by atoms with Gasteiger partial charge in [-0.1, -0.05) is 18.2 Å². The van der Waals surface area contributed by atoms with E-state index in [0.29, 0.717) is 31.8 Å². The SMILES string of the molecule is C[C@@H]1CN(C(=O)N2CC[C@]3(S(=O)(=O)c4ccc(F)cc4)c4ccc(C(F)(C(F)(F)F)C(F)(F)F)cc4CC[C@H]23)CCN1. The Morgan fingerprint density at radius 1 is 0.976 bits per heavy atom. The van der Waals surface area contributed by atoms with Crippen molar-refractivity contribution in [1.29, 1.82) is 0 Å². The minimum Gasteiger partial charge on any atom is -0.322 e. The Hall–Kier alpha value is -2.94. The summed E-state index contributed by atoms with van der Waals surface area (Å²) in [6.45, 7) is 2.99. The Labute approximate surface area is 236 Å². The minimum atomic E-state index is -6.34. The van der Waals surface area contributed by atoms with Gasteiger partial charge in [0.2, 0.25) is 0 Å². The highest BCUT2D eigenvalue weighted by atomic mass is 32.2. The fourth-order valence-electron chi connectivity index (χ4n) is 6.57. The van der Waals surface area contributed by atoms with Crippen LogP contribution in [0, 0.1) is 5.82 Å². The number of fused-ring (bicyclic) bond motifs is 3. The highest BCUT2D eigenvalue weighted by Crippen LogP contribution is 2.56. The van der Waals surface area contributed by atoms with Gasteiger partial charge in [0.15, 0.2) is 9.84 Å². The number of alkyl halides is 7. The van der Waals surface area contributed by atoms with Gasteiger partial charge in [0.05, 0.1) is 10.9 Å². The van der Waals surface area contributed by atoms with Gasteiger partial charge < -0.3 is 15.1 Å². The lowest BCUT2D eigenvalue weighted by atomic mass is 9.77. The van der Waals surface area contributed by atoms with E-state index in [1.54, 1.807) is 4.90 Å². The van der Waals surface area contributed by atoms with Crippen molar-refractivity contribution in [1.82, 2.24) is 15.1 Å². The molecule has 5 rings (SSSR count). The first kappa shape index (κ1) is 30.5. The number of amides is 2. The smallest absolute Gasteiger partial charge is 0.322 e. The average molecular weight is 626 g/mol. The van der Waals surface area contributed by atoms with Gasteiger partial charge in [0.1, 0.15) is 10.6 Å². The molecular weight excluding hydrogens is 598 g/mol. The molecule has 2 aliphatic heterocycles. The Bertz CT molecular complexity index is 1460. The van der Waals surface area contributed by atoms with E-state index in [1.807, 2.05) is 6.92 Å². The largest absolute Gasteiger partial charge is 0.435 e. The van der Waals surface area contributed by atoms with Gasteiger partial charge in [-0.25, -0.2) is 22.0 Å². The molecule has 1 N–H and O–H groups in total. The lowest BCUT2D eigenvalue weighted by Crippen LogP contribution is -2.58. The maximum Gasteiger partial charge on any atom is 0.435 e. The van der Waals surface area contributed by atoms with E-state index in [9.17, 15) is 48.3 Å². The van der Waals surface area contributed by atoms with E-state index in [-0.39, 0.29) is 47.9 Å². The molecule has 0 unspecified atom stereocenters. The quantitative estimate of drug-likeness (QED) is 0.376. The first-order chi connectivity index (χ1) is 19.4. The number of aryl methyl sites for hydroxylation is 1. The van der Waals surface area contributed by atoms with Crippen LogP contribution in [0.15, 0.2) is 47.4 Å². The number of carbonyl (C=O) groups is 1. The zero-order chi connectivity index (χ0) is 30.9. The monoisotopic (exact) mass is 625 g/mol. The molecule has 6 nitrogen and oxygen atoms in total. The number of rotatable bonds is 3. The molecule has 2 aromatic rings. The first-order valence-electron chi connectivity index (χ1n) is 13.2. The van der Waals surface area contributed by atoms with Gasteiger partial charge in [-0.3, -0.25) is 0 Å². The predicted molar refractivity (Wildman–Crippen MR) is 134 cm³/mol. The van der Waals surface area contributed by atoms with Crippen LogP contribution in [-0.2, 0) is 26.7 Å².